The number of imidazole rings is 1. The highest BCUT2D eigenvalue weighted by Crippen LogP contribution is 2.18. The Morgan fingerprint density at radius 1 is 1.28 bits per heavy atom. The summed E-state index contributed by atoms with van der Waals surface area (Å²) in [5.74, 6) is 1.60. The van der Waals surface area contributed by atoms with E-state index in [-0.39, 0.29) is 24.3 Å². The van der Waals surface area contributed by atoms with Gasteiger partial charge in [-0.2, -0.15) is 4.98 Å². The molecule has 0 amide bonds. The Hall–Kier alpha value is -3.31. The molecule has 2 aromatic heterocycles. The number of aliphatic hydroxyl groups is 1. The number of nitrogens with zero attached hydrogens (tertiary/aromatic N) is 3. The summed E-state index contributed by atoms with van der Waals surface area (Å²) in [6, 6.07) is 6.96. The van der Waals surface area contributed by atoms with Crippen LogP contribution in [0.4, 0.5) is 5.95 Å². The normalized spacial score (nSPS) is 12.1. The van der Waals surface area contributed by atoms with Crippen LogP contribution in [-0.2, 0) is 13.6 Å². The van der Waals surface area contributed by atoms with E-state index in [2.05, 4.69) is 15.3 Å². The predicted molar refractivity (Wildman–Crippen MR) is 108 cm³/mol. The van der Waals surface area contributed by atoms with Crippen molar-refractivity contribution in [1.29, 1.82) is 0 Å². The minimum atomic E-state index is -0.940. The largest absolute Gasteiger partial charge is 0.497 e. The molecule has 2 heterocycles. The minimum absolute atomic E-state index is 0.00794. The van der Waals surface area contributed by atoms with Crippen molar-refractivity contribution in [3.05, 3.63) is 45.1 Å². The first-order chi connectivity index (χ1) is 13.9. The van der Waals surface area contributed by atoms with E-state index in [0.717, 1.165) is 0 Å². The Morgan fingerprint density at radius 3 is 2.62 bits per heavy atom. The number of H-pyrrole nitrogens is 1. The highest BCUT2D eigenvalue weighted by atomic mass is 16.5. The number of rotatable bonds is 9. The van der Waals surface area contributed by atoms with Gasteiger partial charge in [0.25, 0.3) is 5.56 Å². The Labute approximate surface area is 165 Å². The van der Waals surface area contributed by atoms with Crippen LogP contribution in [0.5, 0.6) is 11.5 Å². The number of hydrogen-bond acceptors (Lipinski definition) is 8. The third kappa shape index (κ3) is 4.41. The number of anilines is 1. The molecule has 29 heavy (non-hydrogen) atoms. The summed E-state index contributed by atoms with van der Waals surface area (Å²) >= 11 is 0. The number of hydrogen-bond donors (Lipinski definition) is 4. The first-order valence-electron chi connectivity index (χ1n) is 9.03. The van der Waals surface area contributed by atoms with Gasteiger partial charge in [-0.25, -0.2) is 4.79 Å². The van der Waals surface area contributed by atoms with Crippen LogP contribution in [-0.4, -0.2) is 57.1 Å². The fourth-order valence-corrected chi connectivity index (χ4v) is 2.86. The van der Waals surface area contributed by atoms with Gasteiger partial charge in [-0.3, -0.25) is 14.3 Å². The highest BCUT2D eigenvalue weighted by molar-refractivity contribution is 5.74. The van der Waals surface area contributed by atoms with E-state index in [0.29, 0.717) is 30.5 Å². The molecule has 11 heteroatoms. The first-order valence-corrected chi connectivity index (χ1v) is 9.03. The second kappa shape index (κ2) is 8.80. The van der Waals surface area contributed by atoms with Crippen molar-refractivity contribution in [3.8, 4) is 11.5 Å². The predicted octanol–water partition coefficient (Wildman–Crippen LogP) is -0.758. The monoisotopic (exact) mass is 404 g/mol. The molecule has 0 saturated heterocycles. The summed E-state index contributed by atoms with van der Waals surface area (Å²) < 4.78 is 13.5. The zero-order valence-electron chi connectivity index (χ0n) is 16.2. The number of aromatic amines is 1. The van der Waals surface area contributed by atoms with Crippen molar-refractivity contribution in [3.63, 3.8) is 0 Å². The summed E-state index contributed by atoms with van der Waals surface area (Å²) in [6.45, 7) is 0.780. The molecule has 0 spiro atoms. The second-order valence-corrected chi connectivity index (χ2v) is 6.39. The molecule has 0 saturated carbocycles. The highest BCUT2D eigenvalue weighted by Gasteiger charge is 2.19. The van der Waals surface area contributed by atoms with Crippen molar-refractivity contribution >= 4 is 17.1 Å². The lowest BCUT2D eigenvalue weighted by molar-refractivity contribution is 0.0938. The van der Waals surface area contributed by atoms with E-state index in [9.17, 15) is 14.7 Å². The van der Waals surface area contributed by atoms with Crippen molar-refractivity contribution < 1.29 is 14.6 Å². The van der Waals surface area contributed by atoms with Gasteiger partial charge in [-0.1, -0.05) is 0 Å². The van der Waals surface area contributed by atoms with E-state index in [1.807, 2.05) is 0 Å². The minimum Gasteiger partial charge on any atom is -0.497 e. The third-order valence-corrected chi connectivity index (χ3v) is 4.33. The van der Waals surface area contributed by atoms with Gasteiger partial charge in [0.05, 0.1) is 13.7 Å². The lowest BCUT2D eigenvalue weighted by atomic mass is 10.3. The van der Waals surface area contributed by atoms with E-state index >= 15 is 0 Å². The molecule has 1 atom stereocenters. The van der Waals surface area contributed by atoms with Crippen LogP contribution >= 0.6 is 0 Å². The molecule has 11 nitrogen and oxygen atoms in total. The van der Waals surface area contributed by atoms with E-state index in [1.54, 1.807) is 31.4 Å². The average Bonchev–Trinajstić information content (AvgIpc) is 3.08. The summed E-state index contributed by atoms with van der Waals surface area (Å²) in [5.41, 5.74) is 4.77. The van der Waals surface area contributed by atoms with Gasteiger partial charge >= 0.3 is 5.69 Å². The molecule has 0 fully saturated rings. The molecule has 0 radical (unpaired) electrons. The first kappa shape index (κ1) is 20.4. The van der Waals surface area contributed by atoms with Crippen LogP contribution in [0.25, 0.3) is 11.2 Å². The van der Waals surface area contributed by atoms with Gasteiger partial charge in [0.2, 0.25) is 5.95 Å². The topological polar surface area (TPSA) is 149 Å². The lowest BCUT2D eigenvalue weighted by Crippen LogP contribution is -2.31. The zero-order valence-corrected chi connectivity index (χ0v) is 16.2. The van der Waals surface area contributed by atoms with Gasteiger partial charge in [-0.05, 0) is 24.3 Å². The van der Waals surface area contributed by atoms with Crippen LogP contribution in [0.15, 0.2) is 33.9 Å². The standard InChI is InChI=1S/C18H24N6O5/c1-23-15-14(16(26)22-18(23)27)24(17(21-15)20-8-7-19)9-11(25)10-29-13-5-3-12(28-2)4-6-13/h3-6,11,25H,7-10,19H2,1-2H3,(H,20,21)(H,22,26,27). The number of fused-ring (bicyclic) bond motifs is 1. The fraction of sp³-hybridized carbons (Fsp3) is 0.389. The van der Waals surface area contributed by atoms with Crippen LogP contribution < -0.4 is 31.8 Å². The molecule has 0 aliphatic heterocycles. The number of benzene rings is 1. The Bertz CT molecular complexity index is 1090. The quantitative estimate of drug-likeness (QED) is 0.364. The fourth-order valence-electron chi connectivity index (χ4n) is 2.86. The number of methoxy groups -OCH3 is 1. The average molecular weight is 404 g/mol. The van der Waals surface area contributed by atoms with Crippen LogP contribution in [0.2, 0.25) is 0 Å². The van der Waals surface area contributed by atoms with Crippen LogP contribution in [0.1, 0.15) is 0 Å². The van der Waals surface area contributed by atoms with Gasteiger partial charge in [0.1, 0.15) is 24.2 Å². The van der Waals surface area contributed by atoms with Gasteiger partial charge in [0.15, 0.2) is 11.2 Å². The molecule has 1 aromatic carbocycles. The molecule has 0 bridgehead atoms. The lowest BCUT2D eigenvalue weighted by Gasteiger charge is -2.16. The smallest absolute Gasteiger partial charge is 0.329 e. The molecule has 1 unspecified atom stereocenters. The number of aliphatic hydroxyl groups excluding tert-OH is 1. The molecule has 0 aliphatic rings. The molecule has 3 rings (SSSR count). The summed E-state index contributed by atoms with van der Waals surface area (Å²) in [7, 11) is 3.08. The van der Waals surface area contributed by atoms with E-state index in [4.69, 9.17) is 15.2 Å². The Kier molecular flexibility index (Phi) is 6.20. The number of ether oxygens (including phenoxy) is 2. The van der Waals surface area contributed by atoms with Crippen molar-refractivity contribution in [2.45, 2.75) is 12.6 Å². The molecule has 0 aliphatic carbocycles. The van der Waals surface area contributed by atoms with Crippen molar-refractivity contribution in [1.82, 2.24) is 19.1 Å². The molecule has 156 valence electrons. The number of aromatic nitrogens is 4. The second-order valence-electron chi connectivity index (χ2n) is 6.39. The molecule has 5 N–H and O–H groups in total. The van der Waals surface area contributed by atoms with Crippen LogP contribution in [0.3, 0.4) is 0 Å². The summed E-state index contributed by atoms with van der Waals surface area (Å²) in [6.07, 6.45) is -0.940. The van der Waals surface area contributed by atoms with E-state index < -0.39 is 17.4 Å². The van der Waals surface area contributed by atoms with Gasteiger partial charge in [0, 0.05) is 20.1 Å². The molecule has 3 aromatic rings. The number of aryl methyl sites for hydroxylation is 1. The van der Waals surface area contributed by atoms with Gasteiger partial charge in [-0.15, -0.1) is 0 Å². The molecular weight excluding hydrogens is 380 g/mol. The summed E-state index contributed by atoms with van der Waals surface area (Å²) in [4.78, 5) is 30.8. The third-order valence-electron chi connectivity index (χ3n) is 4.33. The SMILES string of the molecule is COc1ccc(OCC(O)Cn2c(NCCN)nc3c2c(=O)[nH]c(=O)n3C)cc1. The van der Waals surface area contributed by atoms with E-state index in [1.165, 1.54) is 16.2 Å². The van der Waals surface area contributed by atoms with Crippen LogP contribution in [0, 0.1) is 0 Å². The molecular formula is C18H24N6O5. The maximum absolute atomic E-state index is 12.4. The maximum Gasteiger partial charge on any atom is 0.329 e. The van der Waals surface area contributed by atoms with Gasteiger partial charge < -0.3 is 30.2 Å². The zero-order chi connectivity index (χ0) is 21.0. The van der Waals surface area contributed by atoms with Crippen molar-refractivity contribution in [2.24, 2.45) is 12.8 Å². The Balaban J connectivity index is 1.84. The Morgan fingerprint density at radius 2 is 1.97 bits per heavy atom. The summed E-state index contributed by atoms with van der Waals surface area (Å²) in [5, 5.41) is 13.5. The van der Waals surface area contributed by atoms with Crippen molar-refractivity contribution in [2.75, 3.05) is 32.1 Å². The maximum atomic E-state index is 12.4. The number of nitrogens with one attached hydrogen (secondary N) is 2. The number of nitrogens with two attached hydrogens (primary N) is 1.